The van der Waals surface area contributed by atoms with Crippen LogP contribution in [0.5, 0.6) is 11.5 Å². The maximum Gasteiger partial charge on any atom is 0.411 e. The number of alkyl halides is 6. The van der Waals surface area contributed by atoms with Crippen molar-refractivity contribution in [1.82, 2.24) is 0 Å². The first-order valence-electron chi connectivity index (χ1n) is 15.5. The number of halogens is 6. The third kappa shape index (κ3) is 6.85. The fraction of sp³-hybridized carbons (Fsp3) is 0.0732. The zero-order chi connectivity index (χ0) is 36.2. The summed E-state index contributed by atoms with van der Waals surface area (Å²) >= 11 is 0. The highest BCUT2D eigenvalue weighted by Crippen LogP contribution is 2.56. The first-order valence-corrected chi connectivity index (χ1v) is 15.5. The van der Waals surface area contributed by atoms with Crippen LogP contribution in [-0.2, 0) is 5.41 Å². The number of benzene rings is 6. The normalized spacial score (nSPS) is 11.9. The summed E-state index contributed by atoms with van der Waals surface area (Å²) in [4.78, 5) is 26.1. The van der Waals surface area contributed by atoms with Crippen molar-refractivity contribution in [2.24, 2.45) is 0 Å². The third-order valence-corrected chi connectivity index (χ3v) is 8.31. The molecule has 51 heavy (non-hydrogen) atoms. The summed E-state index contributed by atoms with van der Waals surface area (Å²) < 4.78 is 100. The highest BCUT2D eigenvalue weighted by molar-refractivity contribution is 5.93. The van der Waals surface area contributed by atoms with Crippen LogP contribution in [0.15, 0.2) is 158 Å². The first kappa shape index (κ1) is 34.7. The van der Waals surface area contributed by atoms with Gasteiger partial charge in [-0.1, -0.05) is 121 Å². The summed E-state index contributed by atoms with van der Waals surface area (Å²) in [6.07, 6.45) is -11.8. The van der Waals surface area contributed by atoms with Gasteiger partial charge in [0.2, 0.25) is 5.41 Å². The van der Waals surface area contributed by atoms with Gasteiger partial charge in [-0.3, -0.25) is 0 Å². The number of hydrogen-bond donors (Lipinski definition) is 0. The highest BCUT2D eigenvalue weighted by Gasteiger charge is 2.72. The summed E-state index contributed by atoms with van der Waals surface area (Å²) in [5, 5.41) is 0. The van der Waals surface area contributed by atoms with E-state index in [0.717, 1.165) is 35.4 Å². The summed E-state index contributed by atoms with van der Waals surface area (Å²) in [5.41, 5.74) is -4.84. The summed E-state index contributed by atoms with van der Waals surface area (Å²) in [7, 11) is 0. The van der Waals surface area contributed by atoms with E-state index < -0.39 is 40.8 Å². The van der Waals surface area contributed by atoms with Crippen LogP contribution >= 0.6 is 0 Å². The van der Waals surface area contributed by atoms with Crippen molar-refractivity contribution < 1.29 is 45.4 Å². The number of carbonyl (C=O) groups excluding carboxylic acids is 2. The Bertz CT molecular complexity index is 1990. The van der Waals surface area contributed by atoms with Crippen LogP contribution in [0.2, 0.25) is 0 Å². The van der Waals surface area contributed by atoms with Gasteiger partial charge in [0.05, 0.1) is 11.1 Å². The van der Waals surface area contributed by atoms with E-state index in [1.165, 1.54) is 12.1 Å². The molecule has 0 aliphatic rings. The van der Waals surface area contributed by atoms with Crippen molar-refractivity contribution in [1.29, 1.82) is 0 Å². The monoisotopic (exact) mass is 696 g/mol. The molecule has 256 valence electrons. The molecule has 6 aromatic rings. The molecule has 0 aromatic heterocycles. The van der Waals surface area contributed by atoms with Gasteiger partial charge in [-0.2, -0.15) is 26.3 Å². The average Bonchev–Trinajstić information content (AvgIpc) is 3.12. The molecule has 0 fully saturated rings. The summed E-state index contributed by atoms with van der Waals surface area (Å²) in [6.45, 7) is 0. The van der Waals surface area contributed by atoms with Crippen LogP contribution in [0.25, 0.3) is 22.3 Å². The lowest BCUT2D eigenvalue weighted by molar-refractivity contribution is -0.288. The second kappa shape index (κ2) is 14.0. The minimum Gasteiger partial charge on any atom is -0.422 e. The zero-order valence-corrected chi connectivity index (χ0v) is 26.4. The van der Waals surface area contributed by atoms with Crippen LogP contribution in [-0.4, -0.2) is 24.3 Å². The van der Waals surface area contributed by atoms with E-state index in [2.05, 4.69) is 0 Å². The predicted molar refractivity (Wildman–Crippen MR) is 179 cm³/mol. The lowest BCUT2D eigenvalue weighted by atomic mass is 9.72. The van der Waals surface area contributed by atoms with E-state index in [-0.39, 0.29) is 22.6 Å². The maximum absolute atomic E-state index is 14.8. The SMILES string of the molecule is O=C(Oc1ccccc1-c1ccccc1)c1ccc(C(c2ccc(C(=O)Oc3ccccc3-c3ccccc3)cc2)(C(F)(F)F)C(F)(F)F)cc1. The number of carbonyl (C=O) groups is 2. The standard InChI is InChI=1S/C41H26F6O4/c42-40(43,44)39(41(45,46)47,31-23-19-29(20-24-31)37(48)50-35-17-9-7-15-33(35)27-11-3-1-4-12-27)32-25-21-30(22-26-32)38(49)51-36-18-10-8-16-34(36)28-13-5-2-6-14-28/h1-26H. The fourth-order valence-corrected chi connectivity index (χ4v) is 5.84. The molecule has 6 rings (SSSR count). The lowest BCUT2D eigenvalue weighted by Crippen LogP contribution is -2.54. The molecule has 4 nitrogen and oxygen atoms in total. The molecule has 0 saturated carbocycles. The average molecular weight is 697 g/mol. The molecule has 0 amide bonds. The second-order valence-corrected chi connectivity index (χ2v) is 11.4. The molecule has 0 N–H and O–H groups in total. The molecule has 0 aliphatic carbocycles. The van der Waals surface area contributed by atoms with Gasteiger partial charge in [-0.25, -0.2) is 9.59 Å². The van der Waals surface area contributed by atoms with Crippen molar-refractivity contribution in [2.45, 2.75) is 17.8 Å². The van der Waals surface area contributed by atoms with Crippen molar-refractivity contribution in [3.63, 3.8) is 0 Å². The molecule has 10 heteroatoms. The van der Waals surface area contributed by atoms with Gasteiger partial charge in [0, 0.05) is 11.1 Å². The fourth-order valence-electron chi connectivity index (χ4n) is 5.84. The lowest BCUT2D eigenvalue weighted by Gasteiger charge is -2.38. The van der Waals surface area contributed by atoms with E-state index >= 15 is 0 Å². The Hall–Kier alpha value is -6.16. The second-order valence-electron chi connectivity index (χ2n) is 11.4. The van der Waals surface area contributed by atoms with Gasteiger partial charge in [0.1, 0.15) is 11.5 Å². The van der Waals surface area contributed by atoms with Gasteiger partial charge >= 0.3 is 24.3 Å². The molecule has 0 atom stereocenters. The Morgan fingerprint density at radius 1 is 0.392 bits per heavy atom. The number of esters is 2. The van der Waals surface area contributed by atoms with Gasteiger partial charge in [0.15, 0.2) is 0 Å². The Balaban J connectivity index is 1.30. The topological polar surface area (TPSA) is 52.6 Å². The van der Waals surface area contributed by atoms with Gasteiger partial charge in [-0.05, 0) is 58.7 Å². The minimum atomic E-state index is -5.89. The van der Waals surface area contributed by atoms with E-state index in [1.807, 2.05) is 0 Å². The highest BCUT2D eigenvalue weighted by atomic mass is 19.4. The van der Waals surface area contributed by atoms with E-state index in [1.54, 1.807) is 97.1 Å². The molecule has 0 radical (unpaired) electrons. The Labute approximate surface area is 288 Å². The molecule has 0 unspecified atom stereocenters. The number of rotatable bonds is 8. The van der Waals surface area contributed by atoms with E-state index in [0.29, 0.717) is 35.4 Å². The van der Waals surface area contributed by atoms with Crippen molar-refractivity contribution >= 4 is 11.9 Å². The van der Waals surface area contributed by atoms with Crippen LogP contribution in [0, 0.1) is 0 Å². The molecular weight excluding hydrogens is 670 g/mol. The van der Waals surface area contributed by atoms with E-state index in [9.17, 15) is 35.9 Å². The van der Waals surface area contributed by atoms with Crippen LogP contribution in [0.4, 0.5) is 26.3 Å². The molecule has 0 bridgehead atoms. The number of hydrogen-bond acceptors (Lipinski definition) is 4. The molecule has 0 aliphatic heterocycles. The minimum absolute atomic E-state index is 0.153. The largest absolute Gasteiger partial charge is 0.422 e. The molecular formula is C41H26F6O4. The Morgan fingerprint density at radius 3 is 1.04 bits per heavy atom. The third-order valence-electron chi connectivity index (χ3n) is 8.31. The van der Waals surface area contributed by atoms with Crippen molar-refractivity contribution in [2.75, 3.05) is 0 Å². The van der Waals surface area contributed by atoms with Gasteiger partial charge in [-0.15, -0.1) is 0 Å². The van der Waals surface area contributed by atoms with Crippen molar-refractivity contribution in [3.8, 4) is 33.8 Å². The molecule has 0 spiro atoms. The smallest absolute Gasteiger partial charge is 0.411 e. The van der Waals surface area contributed by atoms with Crippen molar-refractivity contribution in [3.05, 3.63) is 180 Å². The number of ether oxygens (including phenoxy) is 2. The molecule has 0 heterocycles. The van der Waals surface area contributed by atoms with Crippen LogP contribution < -0.4 is 9.47 Å². The van der Waals surface area contributed by atoms with E-state index in [4.69, 9.17) is 9.47 Å². The quantitative estimate of drug-likeness (QED) is 0.0903. The number of para-hydroxylation sites is 2. The predicted octanol–water partition coefficient (Wildman–Crippen LogP) is 10.9. The zero-order valence-electron chi connectivity index (χ0n) is 26.4. The summed E-state index contributed by atoms with van der Waals surface area (Å²) in [6, 6.07) is 36.8. The summed E-state index contributed by atoms with van der Waals surface area (Å²) in [5.74, 6) is -1.66. The van der Waals surface area contributed by atoms with Gasteiger partial charge < -0.3 is 9.47 Å². The van der Waals surface area contributed by atoms with Gasteiger partial charge in [0.25, 0.3) is 0 Å². The Morgan fingerprint density at radius 2 is 0.706 bits per heavy atom. The molecule has 6 aromatic carbocycles. The molecule has 0 saturated heterocycles. The van der Waals surface area contributed by atoms with Crippen LogP contribution in [0.3, 0.4) is 0 Å². The maximum atomic E-state index is 14.8. The van der Waals surface area contributed by atoms with Crippen LogP contribution in [0.1, 0.15) is 31.8 Å². The Kier molecular flexibility index (Phi) is 9.52. The first-order chi connectivity index (χ1) is 24.4.